The molecule has 80 valence electrons. The van der Waals surface area contributed by atoms with Gasteiger partial charge in [0.05, 0.1) is 5.69 Å². The minimum atomic E-state index is -0.754. The Hall–Kier alpha value is -1.42. The SMILES string of the molecule is Cc1cccnc1CNC1(C(=O)O)CC1. The first-order valence-corrected chi connectivity index (χ1v) is 5.03. The molecule has 15 heavy (non-hydrogen) atoms. The van der Waals surface area contributed by atoms with E-state index >= 15 is 0 Å². The summed E-state index contributed by atoms with van der Waals surface area (Å²) in [4.78, 5) is 15.1. The molecule has 0 radical (unpaired) electrons. The molecule has 4 heteroatoms. The van der Waals surface area contributed by atoms with E-state index in [1.54, 1.807) is 6.20 Å². The van der Waals surface area contributed by atoms with Crippen molar-refractivity contribution < 1.29 is 9.90 Å². The van der Waals surface area contributed by atoms with Crippen molar-refractivity contribution in [1.29, 1.82) is 0 Å². The van der Waals surface area contributed by atoms with Crippen molar-refractivity contribution in [2.75, 3.05) is 0 Å². The normalized spacial score (nSPS) is 17.4. The van der Waals surface area contributed by atoms with E-state index < -0.39 is 11.5 Å². The molecule has 4 nitrogen and oxygen atoms in total. The molecule has 1 heterocycles. The lowest BCUT2D eigenvalue weighted by Crippen LogP contribution is -2.38. The highest BCUT2D eigenvalue weighted by molar-refractivity contribution is 5.82. The summed E-state index contributed by atoms with van der Waals surface area (Å²) in [7, 11) is 0. The summed E-state index contributed by atoms with van der Waals surface area (Å²) in [6.45, 7) is 2.50. The van der Waals surface area contributed by atoms with E-state index in [0.29, 0.717) is 19.4 Å². The lowest BCUT2D eigenvalue weighted by atomic mass is 10.2. The molecule has 0 aromatic carbocycles. The van der Waals surface area contributed by atoms with E-state index in [-0.39, 0.29) is 0 Å². The van der Waals surface area contributed by atoms with Gasteiger partial charge in [-0.3, -0.25) is 15.1 Å². The van der Waals surface area contributed by atoms with Crippen LogP contribution in [0.4, 0.5) is 0 Å². The van der Waals surface area contributed by atoms with Gasteiger partial charge >= 0.3 is 5.97 Å². The average molecular weight is 206 g/mol. The first-order chi connectivity index (χ1) is 7.14. The van der Waals surface area contributed by atoms with Gasteiger partial charge in [-0.25, -0.2) is 0 Å². The molecular weight excluding hydrogens is 192 g/mol. The fourth-order valence-corrected chi connectivity index (χ4v) is 1.55. The zero-order valence-electron chi connectivity index (χ0n) is 8.66. The molecule has 1 saturated carbocycles. The number of aromatic nitrogens is 1. The number of nitrogens with one attached hydrogen (secondary N) is 1. The summed E-state index contributed by atoms with van der Waals surface area (Å²) >= 11 is 0. The first-order valence-electron chi connectivity index (χ1n) is 5.03. The number of rotatable bonds is 4. The third kappa shape index (κ3) is 1.99. The largest absolute Gasteiger partial charge is 0.480 e. The second kappa shape index (κ2) is 3.62. The van der Waals surface area contributed by atoms with E-state index in [0.717, 1.165) is 11.3 Å². The van der Waals surface area contributed by atoms with Crippen LogP contribution < -0.4 is 5.32 Å². The van der Waals surface area contributed by atoms with Crippen molar-refractivity contribution >= 4 is 5.97 Å². The zero-order valence-corrected chi connectivity index (χ0v) is 8.66. The maximum Gasteiger partial charge on any atom is 0.323 e. The lowest BCUT2D eigenvalue weighted by molar-refractivity contribution is -0.140. The van der Waals surface area contributed by atoms with E-state index in [4.69, 9.17) is 5.11 Å². The van der Waals surface area contributed by atoms with Crippen LogP contribution in [-0.4, -0.2) is 21.6 Å². The Labute approximate surface area is 88.3 Å². The van der Waals surface area contributed by atoms with E-state index in [9.17, 15) is 4.79 Å². The molecule has 2 rings (SSSR count). The smallest absolute Gasteiger partial charge is 0.323 e. The van der Waals surface area contributed by atoms with Gasteiger partial charge in [0.15, 0.2) is 0 Å². The number of aryl methyl sites for hydroxylation is 1. The fourth-order valence-electron chi connectivity index (χ4n) is 1.55. The second-order valence-electron chi connectivity index (χ2n) is 4.01. The van der Waals surface area contributed by atoms with Crippen LogP contribution in [0.3, 0.4) is 0 Å². The molecule has 0 unspecified atom stereocenters. The molecule has 1 aliphatic carbocycles. The summed E-state index contributed by atoms with van der Waals surface area (Å²) in [6.07, 6.45) is 3.16. The molecule has 0 atom stereocenters. The van der Waals surface area contributed by atoms with Crippen LogP contribution in [0.25, 0.3) is 0 Å². The number of carboxylic acids is 1. The molecule has 0 amide bonds. The van der Waals surface area contributed by atoms with Gasteiger partial charge in [0, 0.05) is 12.7 Å². The molecule has 1 fully saturated rings. The van der Waals surface area contributed by atoms with Crippen molar-refractivity contribution in [3.05, 3.63) is 29.6 Å². The summed E-state index contributed by atoms with van der Waals surface area (Å²) in [6, 6.07) is 3.85. The van der Waals surface area contributed by atoms with Gasteiger partial charge in [-0.1, -0.05) is 6.07 Å². The summed E-state index contributed by atoms with van der Waals surface area (Å²) in [5.41, 5.74) is 1.33. The highest BCUT2D eigenvalue weighted by atomic mass is 16.4. The quantitative estimate of drug-likeness (QED) is 0.774. The zero-order chi connectivity index (χ0) is 10.9. The second-order valence-corrected chi connectivity index (χ2v) is 4.01. The topological polar surface area (TPSA) is 62.2 Å². The van der Waals surface area contributed by atoms with Crippen molar-refractivity contribution in [2.24, 2.45) is 0 Å². The number of hydrogen-bond acceptors (Lipinski definition) is 3. The highest BCUT2D eigenvalue weighted by Crippen LogP contribution is 2.35. The number of carbonyl (C=O) groups is 1. The third-order valence-electron chi connectivity index (χ3n) is 2.87. The monoisotopic (exact) mass is 206 g/mol. The Morgan fingerprint density at radius 1 is 1.67 bits per heavy atom. The number of hydrogen-bond donors (Lipinski definition) is 2. The van der Waals surface area contributed by atoms with E-state index in [1.165, 1.54) is 0 Å². The van der Waals surface area contributed by atoms with Crippen LogP contribution in [0.1, 0.15) is 24.1 Å². The third-order valence-corrected chi connectivity index (χ3v) is 2.87. The Kier molecular flexibility index (Phi) is 2.44. The number of pyridine rings is 1. The standard InChI is InChI=1S/C11H14N2O2/c1-8-3-2-6-12-9(8)7-13-11(4-5-11)10(14)15/h2-3,6,13H,4-5,7H2,1H3,(H,14,15). The van der Waals surface area contributed by atoms with Crippen LogP contribution in [0.15, 0.2) is 18.3 Å². The summed E-state index contributed by atoms with van der Waals surface area (Å²) in [5.74, 6) is -0.754. The van der Waals surface area contributed by atoms with Crippen molar-refractivity contribution in [2.45, 2.75) is 31.8 Å². The molecule has 0 aliphatic heterocycles. The number of aliphatic carboxylic acids is 1. The van der Waals surface area contributed by atoms with Gasteiger partial charge in [-0.15, -0.1) is 0 Å². The van der Waals surface area contributed by atoms with Gasteiger partial charge in [0.2, 0.25) is 0 Å². The molecule has 0 bridgehead atoms. The van der Waals surface area contributed by atoms with Crippen LogP contribution in [-0.2, 0) is 11.3 Å². The Balaban J connectivity index is 2.00. The van der Waals surface area contributed by atoms with E-state index in [1.807, 2.05) is 19.1 Å². The molecule has 1 aromatic rings. The van der Waals surface area contributed by atoms with Gasteiger partial charge in [0.25, 0.3) is 0 Å². The minimum Gasteiger partial charge on any atom is -0.480 e. The van der Waals surface area contributed by atoms with Gasteiger partial charge in [0.1, 0.15) is 5.54 Å². The Morgan fingerprint density at radius 3 is 2.93 bits per heavy atom. The molecule has 0 spiro atoms. The van der Waals surface area contributed by atoms with Crippen LogP contribution in [0, 0.1) is 6.92 Å². The van der Waals surface area contributed by atoms with Crippen LogP contribution in [0.2, 0.25) is 0 Å². The predicted molar refractivity (Wildman–Crippen MR) is 55.4 cm³/mol. The molecule has 1 aliphatic rings. The Bertz CT molecular complexity index is 386. The minimum absolute atomic E-state index is 0.527. The number of carboxylic acid groups (broad SMARTS) is 1. The maximum atomic E-state index is 10.9. The van der Waals surface area contributed by atoms with Gasteiger partial charge in [-0.2, -0.15) is 0 Å². The molecular formula is C11H14N2O2. The lowest BCUT2D eigenvalue weighted by Gasteiger charge is -2.12. The van der Waals surface area contributed by atoms with Crippen LogP contribution >= 0.6 is 0 Å². The number of nitrogens with zero attached hydrogens (tertiary/aromatic N) is 1. The molecule has 0 saturated heterocycles. The fraction of sp³-hybridized carbons (Fsp3) is 0.455. The highest BCUT2D eigenvalue weighted by Gasteiger charge is 2.49. The van der Waals surface area contributed by atoms with Crippen molar-refractivity contribution in [1.82, 2.24) is 10.3 Å². The molecule has 2 N–H and O–H groups in total. The van der Waals surface area contributed by atoms with Crippen molar-refractivity contribution in [3.63, 3.8) is 0 Å². The van der Waals surface area contributed by atoms with Crippen LogP contribution in [0.5, 0.6) is 0 Å². The first kappa shape index (κ1) is 10.1. The Morgan fingerprint density at radius 2 is 2.40 bits per heavy atom. The summed E-state index contributed by atoms with van der Waals surface area (Å²) < 4.78 is 0. The predicted octanol–water partition coefficient (Wildman–Crippen LogP) is 1.10. The summed E-state index contributed by atoms with van der Waals surface area (Å²) in [5, 5.41) is 12.0. The molecule has 1 aromatic heterocycles. The average Bonchev–Trinajstić information content (AvgIpc) is 2.98. The van der Waals surface area contributed by atoms with Gasteiger partial charge < -0.3 is 5.11 Å². The maximum absolute atomic E-state index is 10.9. The van der Waals surface area contributed by atoms with Gasteiger partial charge in [-0.05, 0) is 31.4 Å². The van der Waals surface area contributed by atoms with Crippen molar-refractivity contribution in [3.8, 4) is 0 Å². The van der Waals surface area contributed by atoms with E-state index in [2.05, 4.69) is 10.3 Å².